The summed E-state index contributed by atoms with van der Waals surface area (Å²) in [6, 6.07) is 20.3. The van der Waals surface area contributed by atoms with Crippen LogP contribution in [-0.2, 0) is 4.79 Å². The van der Waals surface area contributed by atoms with E-state index in [1.165, 1.54) is 0 Å². The predicted octanol–water partition coefficient (Wildman–Crippen LogP) is 5.01. The van der Waals surface area contributed by atoms with E-state index < -0.39 is 12.0 Å². The molecule has 35 heavy (non-hydrogen) atoms. The molecule has 0 fully saturated rings. The fraction of sp³-hybridized carbons (Fsp3) is 0.222. The van der Waals surface area contributed by atoms with Crippen molar-refractivity contribution in [2.24, 2.45) is 10.9 Å². The molecule has 2 heterocycles. The van der Waals surface area contributed by atoms with Crippen LogP contribution in [0.15, 0.2) is 71.7 Å². The molecule has 1 aliphatic heterocycles. The number of aliphatic imine (C=N–C) groups is 1. The summed E-state index contributed by atoms with van der Waals surface area (Å²) in [5, 5.41) is 3.05. The van der Waals surface area contributed by atoms with E-state index in [1.807, 2.05) is 78.2 Å². The number of amides is 1. The minimum atomic E-state index is -0.647. The molecule has 1 aliphatic rings. The van der Waals surface area contributed by atoms with Crippen molar-refractivity contribution in [2.45, 2.75) is 13.0 Å². The first kappa shape index (κ1) is 22.5. The lowest BCUT2D eigenvalue weighted by Gasteiger charge is -2.33. The largest absolute Gasteiger partial charge is 0.495 e. The molecular weight excluding hydrogens is 444 g/mol. The van der Waals surface area contributed by atoms with Crippen LogP contribution in [-0.4, -0.2) is 42.5 Å². The van der Waals surface area contributed by atoms with Gasteiger partial charge in [-0.3, -0.25) is 9.36 Å². The minimum Gasteiger partial charge on any atom is -0.495 e. The number of carbonyl (C=O) groups excluding carboxylic acids is 1. The smallest absolute Gasteiger partial charge is 0.235 e. The van der Waals surface area contributed by atoms with Crippen molar-refractivity contribution < 1.29 is 19.0 Å². The number of carbonyl (C=O) groups is 1. The summed E-state index contributed by atoms with van der Waals surface area (Å²) in [6.45, 7) is 1.86. The van der Waals surface area contributed by atoms with Crippen molar-refractivity contribution in [3.63, 3.8) is 0 Å². The van der Waals surface area contributed by atoms with Crippen LogP contribution < -0.4 is 19.5 Å². The van der Waals surface area contributed by atoms with Gasteiger partial charge in [-0.2, -0.15) is 0 Å². The van der Waals surface area contributed by atoms with E-state index in [4.69, 9.17) is 24.2 Å². The summed E-state index contributed by atoms with van der Waals surface area (Å²) in [7, 11) is 4.77. The third kappa shape index (κ3) is 3.77. The molecule has 2 atom stereocenters. The second kappa shape index (κ2) is 9.13. The zero-order valence-electron chi connectivity index (χ0n) is 20.0. The number of anilines is 1. The summed E-state index contributed by atoms with van der Waals surface area (Å²) in [5.74, 6) is 1.41. The molecule has 178 valence electrons. The summed E-state index contributed by atoms with van der Waals surface area (Å²) in [6.07, 6.45) is 0. The Kier molecular flexibility index (Phi) is 5.86. The molecule has 4 aromatic rings. The molecular formula is C27H26N4O4. The molecule has 0 spiro atoms. The van der Waals surface area contributed by atoms with Gasteiger partial charge in [0.25, 0.3) is 0 Å². The molecule has 2 unspecified atom stereocenters. The van der Waals surface area contributed by atoms with Gasteiger partial charge in [0, 0.05) is 11.3 Å². The number of imidazole rings is 1. The SMILES string of the molecule is COc1ccccc1NC(=O)C1C(C)=Nc2nc3ccccc3n2C1c1cccc(OC)c1OC. The summed E-state index contributed by atoms with van der Waals surface area (Å²) >= 11 is 0. The highest BCUT2D eigenvalue weighted by atomic mass is 16.5. The zero-order valence-corrected chi connectivity index (χ0v) is 20.0. The normalized spacial score (nSPS) is 16.9. The Bertz CT molecular complexity index is 1440. The maximum Gasteiger partial charge on any atom is 0.235 e. The van der Waals surface area contributed by atoms with E-state index in [9.17, 15) is 4.79 Å². The van der Waals surface area contributed by atoms with Crippen LogP contribution >= 0.6 is 0 Å². The Hall–Kier alpha value is -4.33. The Morgan fingerprint density at radius 2 is 1.60 bits per heavy atom. The second-order valence-electron chi connectivity index (χ2n) is 8.22. The first-order valence-corrected chi connectivity index (χ1v) is 11.2. The van der Waals surface area contributed by atoms with Gasteiger partial charge in [0.1, 0.15) is 11.7 Å². The fourth-order valence-corrected chi connectivity index (χ4v) is 4.74. The number of fused-ring (bicyclic) bond motifs is 3. The van der Waals surface area contributed by atoms with Crippen molar-refractivity contribution in [3.05, 3.63) is 72.3 Å². The summed E-state index contributed by atoms with van der Waals surface area (Å²) < 4.78 is 18.8. The van der Waals surface area contributed by atoms with Crippen molar-refractivity contribution in [3.8, 4) is 17.2 Å². The highest BCUT2D eigenvalue weighted by Gasteiger charge is 2.41. The highest BCUT2D eigenvalue weighted by molar-refractivity contribution is 6.11. The lowest BCUT2D eigenvalue weighted by Crippen LogP contribution is -2.38. The molecule has 0 radical (unpaired) electrons. The van der Waals surface area contributed by atoms with Crippen LogP contribution in [0.3, 0.4) is 0 Å². The van der Waals surface area contributed by atoms with Gasteiger partial charge in [0.15, 0.2) is 11.5 Å². The number of rotatable bonds is 6. The Labute approximate surface area is 203 Å². The van der Waals surface area contributed by atoms with E-state index in [0.29, 0.717) is 34.6 Å². The fourth-order valence-electron chi connectivity index (χ4n) is 4.74. The van der Waals surface area contributed by atoms with Gasteiger partial charge < -0.3 is 19.5 Å². The van der Waals surface area contributed by atoms with Gasteiger partial charge >= 0.3 is 0 Å². The Balaban J connectivity index is 1.71. The molecule has 1 N–H and O–H groups in total. The number of methoxy groups -OCH3 is 3. The molecule has 3 aromatic carbocycles. The van der Waals surface area contributed by atoms with Crippen LogP contribution in [0.25, 0.3) is 11.0 Å². The van der Waals surface area contributed by atoms with Crippen molar-refractivity contribution >= 4 is 34.3 Å². The van der Waals surface area contributed by atoms with Crippen LogP contribution in [0, 0.1) is 5.92 Å². The first-order chi connectivity index (χ1) is 17.1. The van der Waals surface area contributed by atoms with Crippen molar-refractivity contribution in [1.29, 1.82) is 0 Å². The molecule has 0 saturated heterocycles. The summed E-state index contributed by atoms with van der Waals surface area (Å²) in [4.78, 5) is 23.4. The predicted molar refractivity (Wildman–Crippen MR) is 135 cm³/mol. The number of aromatic nitrogens is 2. The number of benzene rings is 3. The van der Waals surface area contributed by atoms with Crippen LogP contribution in [0.1, 0.15) is 18.5 Å². The van der Waals surface area contributed by atoms with E-state index in [-0.39, 0.29) is 5.91 Å². The Morgan fingerprint density at radius 1 is 0.886 bits per heavy atom. The molecule has 8 nitrogen and oxygen atoms in total. The second-order valence-corrected chi connectivity index (χ2v) is 8.22. The van der Waals surface area contributed by atoms with Gasteiger partial charge in [0.05, 0.1) is 44.1 Å². The molecule has 5 rings (SSSR count). The average molecular weight is 471 g/mol. The van der Waals surface area contributed by atoms with Gasteiger partial charge in [-0.05, 0) is 37.3 Å². The van der Waals surface area contributed by atoms with Crippen LogP contribution in [0.4, 0.5) is 11.6 Å². The number of hydrogen-bond acceptors (Lipinski definition) is 6. The number of nitrogens with one attached hydrogen (secondary N) is 1. The standard InChI is InChI=1S/C27H26N4O4/c1-16-23(26(32)29-19-12-6-8-14-21(19)33-2)24(17-10-9-15-22(34-3)25(17)35-4)31-20-13-7-5-11-18(20)30-27(31)28-16/h5-15,23-24H,1-4H3,(H,29,32). The third-order valence-corrected chi connectivity index (χ3v) is 6.30. The van der Waals surface area contributed by atoms with E-state index in [1.54, 1.807) is 21.3 Å². The third-order valence-electron chi connectivity index (χ3n) is 6.30. The molecule has 8 heteroatoms. The molecule has 1 amide bonds. The number of ether oxygens (including phenoxy) is 3. The lowest BCUT2D eigenvalue weighted by molar-refractivity contribution is -0.118. The maximum atomic E-state index is 13.9. The first-order valence-electron chi connectivity index (χ1n) is 11.2. The molecule has 1 aromatic heterocycles. The van der Waals surface area contributed by atoms with Crippen LogP contribution in [0.5, 0.6) is 17.2 Å². The van der Waals surface area contributed by atoms with Crippen molar-refractivity contribution in [1.82, 2.24) is 9.55 Å². The van der Waals surface area contributed by atoms with Gasteiger partial charge in [-0.15, -0.1) is 0 Å². The van der Waals surface area contributed by atoms with E-state index in [2.05, 4.69) is 5.32 Å². The average Bonchev–Trinajstić information content (AvgIpc) is 3.25. The molecule has 0 aliphatic carbocycles. The van der Waals surface area contributed by atoms with E-state index in [0.717, 1.165) is 16.6 Å². The molecule has 0 bridgehead atoms. The summed E-state index contributed by atoms with van der Waals surface area (Å²) in [5.41, 5.74) is 3.71. The van der Waals surface area contributed by atoms with Gasteiger partial charge in [0.2, 0.25) is 11.9 Å². The monoisotopic (exact) mass is 470 g/mol. The van der Waals surface area contributed by atoms with Gasteiger partial charge in [-0.25, -0.2) is 9.98 Å². The molecule has 0 saturated carbocycles. The maximum absolute atomic E-state index is 13.9. The number of nitrogens with zero attached hydrogens (tertiary/aromatic N) is 3. The van der Waals surface area contributed by atoms with Crippen LogP contribution in [0.2, 0.25) is 0 Å². The van der Waals surface area contributed by atoms with Crippen molar-refractivity contribution in [2.75, 3.05) is 26.6 Å². The zero-order chi connectivity index (χ0) is 24.5. The van der Waals surface area contributed by atoms with Gasteiger partial charge in [-0.1, -0.05) is 36.4 Å². The number of para-hydroxylation sites is 5. The quantitative estimate of drug-likeness (QED) is 0.428. The minimum absolute atomic E-state index is 0.214. The highest BCUT2D eigenvalue weighted by Crippen LogP contribution is 2.45. The Morgan fingerprint density at radius 3 is 2.37 bits per heavy atom. The van der Waals surface area contributed by atoms with E-state index >= 15 is 0 Å². The topological polar surface area (TPSA) is 87.0 Å². The number of hydrogen-bond donors (Lipinski definition) is 1. The lowest BCUT2D eigenvalue weighted by atomic mass is 9.86.